The summed E-state index contributed by atoms with van der Waals surface area (Å²) >= 11 is 0. The monoisotopic (exact) mass is 1240 g/mol. The van der Waals surface area contributed by atoms with Crippen molar-refractivity contribution in [3.05, 3.63) is 246 Å². The van der Waals surface area contributed by atoms with E-state index in [4.69, 9.17) is 54.8 Å². The van der Waals surface area contributed by atoms with Crippen LogP contribution in [0.5, 0.6) is 0 Å². The highest BCUT2D eigenvalue weighted by atomic mass is 15.1. The molecule has 0 atom stereocenters. The molecule has 96 heavy (non-hydrogen) atoms. The molecule has 0 bridgehead atoms. The van der Waals surface area contributed by atoms with E-state index < -0.39 is 0 Å². The molecule has 7 aromatic heterocycles. The minimum Gasteiger partial charge on any atom is -0.309 e. The van der Waals surface area contributed by atoms with Gasteiger partial charge < -0.3 is 9.13 Å². The van der Waals surface area contributed by atoms with Crippen LogP contribution in [-0.2, 0) is 0 Å². The van der Waals surface area contributed by atoms with E-state index in [1.807, 2.05) is 134 Å². The lowest BCUT2D eigenvalue weighted by molar-refractivity contribution is 0.928. The zero-order valence-corrected chi connectivity index (χ0v) is 53.5. The molecule has 16 aromatic rings. The summed E-state index contributed by atoms with van der Waals surface area (Å²) in [4.78, 5) is 72.2. The Kier molecular flexibility index (Phi) is 14.2. The Morgan fingerprint density at radius 2 is 0.510 bits per heavy atom. The number of rotatable bonds is 11. The number of aromatic nitrogens is 17. The molecule has 0 aliphatic heterocycles. The SMILES string of the molecule is Cc1nc(C)nc(-c2ccc3c(c2)c2cc(-c4nc(C)nc(C)n4)ccc2n3-c2ccc(-c3nc(-c4ccccc4)nc(-c4ccccc4)n3)cc2-c2ccc(-n3c4ccc(-c5nc(C)nc(C)n5)cc4c4cc(-c5nc(C)nc(C)n5)ccc43)c(-c3cccc(C#N)c3)c2)n1. The summed E-state index contributed by atoms with van der Waals surface area (Å²) in [7, 11) is 0. The third kappa shape index (κ3) is 10.7. The fraction of sp³-hybridized carbons (Fsp3) is 0.103. The quantitative estimate of drug-likeness (QED) is 0.117. The fourth-order valence-corrected chi connectivity index (χ4v) is 13.0. The van der Waals surface area contributed by atoms with Crippen molar-refractivity contribution in [3.8, 4) is 119 Å². The van der Waals surface area contributed by atoms with Crippen molar-refractivity contribution in [3.63, 3.8) is 0 Å². The van der Waals surface area contributed by atoms with Gasteiger partial charge in [-0.1, -0.05) is 78.9 Å². The van der Waals surface area contributed by atoms with Crippen molar-refractivity contribution < 1.29 is 0 Å². The Hall–Kier alpha value is -12.9. The molecule has 0 radical (unpaired) electrons. The van der Waals surface area contributed by atoms with Gasteiger partial charge in [0.15, 0.2) is 40.8 Å². The van der Waals surface area contributed by atoms with Crippen LogP contribution in [0.1, 0.15) is 52.2 Å². The first-order valence-corrected chi connectivity index (χ1v) is 31.3. The summed E-state index contributed by atoms with van der Waals surface area (Å²) < 4.78 is 4.62. The van der Waals surface area contributed by atoms with E-state index >= 15 is 0 Å². The van der Waals surface area contributed by atoms with Crippen LogP contribution in [0.15, 0.2) is 194 Å². The minimum absolute atomic E-state index is 0.491. The van der Waals surface area contributed by atoms with Crippen LogP contribution in [-0.4, -0.2) is 83.9 Å². The molecule has 0 unspecified atom stereocenters. The van der Waals surface area contributed by atoms with Gasteiger partial charge in [-0.2, -0.15) is 5.26 Å². The summed E-state index contributed by atoms with van der Waals surface area (Å²) in [6, 6.07) is 68.7. The molecule has 16 rings (SSSR count). The van der Waals surface area contributed by atoms with E-state index in [1.165, 1.54) is 0 Å². The first-order valence-electron chi connectivity index (χ1n) is 31.3. The van der Waals surface area contributed by atoms with Crippen LogP contribution in [0.3, 0.4) is 0 Å². The van der Waals surface area contributed by atoms with Gasteiger partial charge in [0, 0.05) is 71.6 Å². The van der Waals surface area contributed by atoms with Crippen molar-refractivity contribution in [2.24, 2.45) is 0 Å². The number of aryl methyl sites for hydroxylation is 8. The van der Waals surface area contributed by atoms with Crippen molar-refractivity contribution >= 4 is 43.6 Å². The van der Waals surface area contributed by atoms with Gasteiger partial charge in [-0.15, -0.1) is 0 Å². The normalized spacial score (nSPS) is 11.5. The maximum atomic E-state index is 10.6. The highest BCUT2D eigenvalue weighted by molar-refractivity contribution is 6.13. The molecule has 0 saturated heterocycles. The van der Waals surface area contributed by atoms with Crippen LogP contribution >= 0.6 is 0 Å². The summed E-state index contributed by atoms with van der Waals surface area (Å²) in [5, 5.41) is 14.4. The van der Waals surface area contributed by atoms with Crippen LogP contribution < -0.4 is 0 Å². The average Bonchev–Trinajstić information content (AvgIpc) is 1.58. The van der Waals surface area contributed by atoms with Gasteiger partial charge in [-0.3, -0.25) is 0 Å². The maximum absolute atomic E-state index is 10.6. The maximum Gasteiger partial charge on any atom is 0.164 e. The zero-order valence-electron chi connectivity index (χ0n) is 53.5. The third-order valence-corrected chi connectivity index (χ3v) is 17.0. The van der Waals surface area contributed by atoms with Gasteiger partial charge in [0.25, 0.3) is 0 Å². The number of fused-ring (bicyclic) bond motifs is 6. The Morgan fingerprint density at radius 1 is 0.240 bits per heavy atom. The summed E-state index contributed by atoms with van der Waals surface area (Å²) in [6.45, 7) is 15.1. The number of hydrogen-bond acceptors (Lipinski definition) is 16. The molecule has 0 saturated carbocycles. The van der Waals surface area contributed by atoms with Gasteiger partial charge in [-0.25, -0.2) is 74.8 Å². The Balaban J connectivity index is 0.981. The largest absolute Gasteiger partial charge is 0.309 e. The summed E-state index contributed by atoms with van der Waals surface area (Å²) in [5.41, 5.74) is 15.2. The molecule has 0 aliphatic carbocycles. The van der Waals surface area contributed by atoms with E-state index in [2.05, 4.69) is 150 Å². The Labute approximate surface area is 551 Å². The van der Waals surface area contributed by atoms with Crippen molar-refractivity contribution in [2.75, 3.05) is 0 Å². The van der Waals surface area contributed by atoms with Crippen molar-refractivity contribution in [1.82, 2.24) is 83.9 Å². The standard InChI is InChI=1S/C78H56N18/c1-42-80-43(2)85-74(84-42)56-24-30-68-62(37-56)63-38-57(75-86-44(3)81-45(4)87-75)25-31-69(63)95(68)66-28-22-54(35-60(66)53-21-15-16-50(34-53)41-79)61-36-55(78-93-72(51-17-11-9-12-18-51)92-73(94-78)52-19-13-10-14-20-52)23-29-67(61)96-70-32-26-58(76-88-46(5)82-47(6)89-76)39-64(70)65-40-59(27-33-71(65)96)77-90-48(7)83-49(8)91-77/h9-40H,1-8H3. The molecule has 0 amide bonds. The molecule has 0 spiro atoms. The number of benzene rings is 9. The second kappa shape index (κ2) is 23.4. The third-order valence-electron chi connectivity index (χ3n) is 17.0. The lowest BCUT2D eigenvalue weighted by atomic mass is 9.94. The lowest BCUT2D eigenvalue weighted by Gasteiger charge is -2.19. The molecule has 18 heteroatoms. The van der Waals surface area contributed by atoms with E-state index in [0.29, 0.717) is 92.9 Å². The minimum atomic E-state index is 0.491. The molecule has 0 aliphatic rings. The first-order chi connectivity index (χ1) is 46.7. The van der Waals surface area contributed by atoms with Gasteiger partial charge >= 0.3 is 0 Å². The fourth-order valence-electron chi connectivity index (χ4n) is 13.0. The molecule has 458 valence electrons. The highest BCUT2D eigenvalue weighted by Crippen LogP contribution is 2.45. The second-order valence-electron chi connectivity index (χ2n) is 23.8. The van der Waals surface area contributed by atoms with Crippen LogP contribution in [0.4, 0.5) is 0 Å². The average molecular weight is 1250 g/mol. The van der Waals surface area contributed by atoms with Gasteiger partial charge in [0.1, 0.15) is 46.6 Å². The predicted octanol–water partition coefficient (Wildman–Crippen LogP) is 16.1. The Morgan fingerprint density at radius 3 is 0.854 bits per heavy atom. The zero-order chi connectivity index (χ0) is 65.5. The van der Waals surface area contributed by atoms with Crippen LogP contribution in [0.2, 0.25) is 0 Å². The van der Waals surface area contributed by atoms with Gasteiger partial charge in [-0.05, 0) is 182 Å². The first kappa shape index (κ1) is 58.2. The summed E-state index contributed by atoms with van der Waals surface area (Å²) in [5.74, 6) is 8.93. The molecule has 9 aromatic carbocycles. The Bertz CT molecular complexity index is 5560. The molecule has 18 nitrogen and oxygen atoms in total. The van der Waals surface area contributed by atoms with E-state index in [9.17, 15) is 5.26 Å². The molecule has 7 heterocycles. The van der Waals surface area contributed by atoms with E-state index in [-0.39, 0.29) is 0 Å². The number of hydrogen-bond donors (Lipinski definition) is 0. The highest BCUT2D eigenvalue weighted by Gasteiger charge is 2.25. The second-order valence-corrected chi connectivity index (χ2v) is 23.8. The lowest BCUT2D eigenvalue weighted by Crippen LogP contribution is -2.03. The molecular weight excluding hydrogens is 1190 g/mol. The van der Waals surface area contributed by atoms with Crippen LogP contribution in [0, 0.1) is 66.7 Å². The number of nitrogens with zero attached hydrogens (tertiary/aromatic N) is 18. The topological polar surface area (TPSA) is 227 Å². The smallest absolute Gasteiger partial charge is 0.164 e. The van der Waals surface area contributed by atoms with Crippen molar-refractivity contribution in [1.29, 1.82) is 5.26 Å². The predicted molar refractivity (Wildman–Crippen MR) is 374 cm³/mol. The van der Waals surface area contributed by atoms with Gasteiger partial charge in [0.2, 0.25) is 0 Å². The molecular formula is C78H56N18. The number of nitriles is 1. The van der Waals surface area contributed by atoms with Gasteiger partial charge in [0.05, 0.1) is 45.1 Å². The van der Waals surface area contributed by atoms with E-state index in [0.717, 1.165) is 116 Å². The van der Waals surface area contributed by atoms with Crippen LogP contribution in [0.25, 0.3) is 157 Å². The molecule has 0 N–H and O–H groups in total. The van der Waals surface area contributed by atoms with E-state index in [1.54, 1.807) is 0 Å². The van der Waals surface area contributed by atoms with Crippen molar-refractivity contribution in [2.45, 2.75) is 55.4 Å². The molecule has 0 fully saturated rings. The summed E-state index contributed by atoms with van der Waals surface area (Å²) in [6.07, 6.45) is 0.